The maximum Gasteiger partial charge on any atom is 0.387 e. The van der Waals surface area contributed by atoms with Gasteiger partial charge >= 0.3 is 6.61 Å². The maximum absolute atomic E-state index is 12.4. The second-order valence-corrected chi connectivity index (χ2v) is 6.59. The van der Waals surface area contributed by atoms with E-state index in [0.29, 0.717) is 35.7 Å². The number of piperidine rings is 1. The summed E-state index contributed by atoms with van der Waals surface area (Å²) in [6, 6.07) is 5.93. The van der Waals surface area contributed by atoms with Crippen molar-refractivity contribution in [2.75, 3.05) is 5.32 Å². The number of hydrogen-bond acceptors (Lipinski definition) is 3. The molecule has 2 atom stereocenters. The Morgan fingerprint density at radius 3 is 2.70 bits per heavy atom. The molecule has 2 heterocycles. The van der Waals surface area contributed by atoms with E-state index >= 15 is 0 Å². The minimum absolute atomic E-state index is 0.0665. The Morgan fingerprint density at radius 2 is 2.04 bits per heavy atom. The minimum atomic E-state index is -2.87. The van der Waals surface area contributed by atoms with Gasteiger partial charge in [-0.05, 0) is 50.2 Å². The molecule has 0 aromatic heterocycles. The number of amides is 1. The lowest BCUT2D eigenvalue weighted by Crippen LogP contribution is -2.39. The highest BCUT2D eigenvalue weighted by atomic mass is 19.3. The molecule has 2 unspecified atom stereocenters. The standard InChI is InChI=1S/C17H22F2N2O2/c1-10-2-3-14(9-15(10)23-17(18)19)21-16(22)8-11-6-12-4-5-13(7-11)20-12/h2-3,9,11-13,17,20H,4-8H2,1H3,(H,21,22). The fourth-order valence-corrected chi connectivity index (χ4v) is 3.72. The molecule has 0 spiro atoms. The number of hydrogen-bond donors (Lipinski definition) is 2. The number of anilines is 1. The molecule has 0 saturated carbocycles. The van der Waals surface area contributed by atoms with Gasteiger partial charge in [0.25, 0.3) is 0 Å². The third-order valence-electron chi connectivity index (χ3n) is 4.73. The summed E-state index contributed by atoms with van der Waals surface area (Å²) in [4.78, 5) is 12.2. The van der Waals surface area contributed by atoms with Crippen molar-refractivity contribution in [2.24, 2.45) is 5.92 Å². The highest BCUT2D eigenvalue weighted by Gasteiger charge is 2.34. The van der Waals surface area contributed by atoms with Crippen LogP contribution in [0.3, 0.4) is 0 Å². The zero-order chi connectivity index (χ0) is 16.4. The molecular formula is C17H22F2N2O2. The van der Waals surface area contributed by atoms with Crippen molar-refractivity contribution in [3.05, 3.63) is 23.8 Å². The number of alkyl halides is 2. The van der Waals surface area contributed by atoms with E-state index in [1.807, 2.05) is 0 Å². The third kappa shape index (κ3) is 4.19. The van der Waals surface area contributed by atoms with Crippen molar-refractivity contribution < 1.29 is 18.3 Å². The Bertz CT molecular complexity index is 568. The highest BCUT2D eigenvalue weighted by molar-refractivity contribution is 5.91. The molecule has 2 saturated heterocycles. The van der Waals surface area contributed by atoms with E-state index in [2.05, 4.69) is 15.4 Å². The number of rotatable bonds is 5. The van der Waals surface area contributed by atoms with Crippen LogP contribution in [0.15, 0.2) is 18.2 Å². The second-order valence-electron chi connectivity index (χ2n) is 6.59. The molecule has 4 nitrogen and oxygen atoms in total. The van der Waals surface area contributed by atoms with Crippen LogP contribution in [0.4, 0.5) is 14.5 Å². The van der Waals surface area contributed by atoms with Gasteiger partial charge in [0.2, 0.25) is 5.91 Å². The van der Waals surface area contributed by atoms with Crippen LogP contribution in [0.5, 0.6) is 5.75 Å². The zero-order valence-electron chi connectivity index (χ0n) is 13.1. The fourth-order valence-electron chi connectivity index (χ4n) is 3.72. The quantitative estimate of drug-likeness (QED) is 0.872. The van der Waals surface area contributed by atoms with Gasteiger partial charge in [0.05, 0.1) is 0 Å². The molecule has 126 valence electrons. The molecule has 2 N–H and O–H groups in total. The fraction of sp³-hybridized carbons (Fsp3) is 0.588. The Hall–Kier alpha value is -1.69. The van der Waals surface area contributed by atoms with E-state index in [-0.39, 0.29) is 11.7 Å². The molecule has 2 bridgehead atoms. The van der Waals surface area contributed by atoms with Crippen LogP contribution in [0.1, 0.15) is 37.7 Å². The first-order valence-corrected chi connectivity index (χ1v) is 8.11. The molecule has 2 fully saturated rings. The van der Waals surface area contributed by atoms with E-state index in [4.69, 9.17) is 0 Å². The van der Waals surface area contributed by atoms with Gasteiger partial charge in [-0.3, -0.25) is 4.79 Å². The second kappa shape index (κ2) is 6.83. The van der Waals surface area contributed by atoms with Crippen LogP contribution in [0.2, 0.25) is 0 Å². The maximum atomic E-state index is 12.4. The van der Waals surface area contributed by atoms with E-state index in [0.717, 1.165) is 12.8 Å². The summed E-state index contributed by atoms with van der Waals surface area (Å²) in [7, 11) is 0. The molecular weight excluding hydrogens is 302 g/mol. The largest absolute Gasteiger partial charge is 0.434 e. The van der Waals surface area contributed by atoms with Crippen molar-refractivity contribution in [3.63, 3.8) is 0 Å². The van der Waals surface area contributed by atoms with Crippen molar-refractivity contribution in [1.82, 2.24) is 5.32 Å². The predicted molar refractivity (Wildman–Crippen MR) is 83.7 cm³/mol. The third-order valence-corrected chi connectivity index (χ3v) is 4.73. The molecule has 2 aliphatic heterocycles. The lowest BCUT2D eigenvalue weighted by Gasteiger charge is -2.28. The molecule has 23 heavy (non-hydrogen) atoms. The van der Waals surface area contributed by atoms with Gasteiger partial charge in [0.1, 0.15) is 5.75 Å². The Balaban J connectivity index is 1.57. The first-order chi connectivity index (χ1) is 11.0. The number of nitrogens with one attached hydrogen (secondary N) is 2. The Morgan fingerprint density at radius 1 is 1.35 bits per heavy atom. The van der Waals surface area contributed by atoms with Crippen molar-refractivity contribution >= 4 is 11.6 Å². The summed E-state index contributed by atoms with van der Waals surface area (Å²) in [5, 5.41) is 6.35. The first kappa shape index (κ1) is 16.2. The van der Waals surface area contributed by atoms with E-state index in [9.17, 15) is 13.6 Å². The van der Waals surface area contributed by atoms with E-state index < -0.39 is 6.61 Å². The molecule has 2 aliphatic rings. The number of benzene rings is 1. The summed E-state index contributed by atoms with van der Waals surface area (Å²) < 4.78 is 29.2. The summed E-state index contributed by atoms with van der Waals surface area (Å²) in [5.74, 6) is 0.428. The van der Waals surface area contributed by atoms with Crippen LogP contribution < -0.4 is 15.4 Å². The number of halogens is 2. The number of fused-ring (bicyclic) bond motifs is 2. The van der Waals surface area contributed by atoms with Crippen LogP contribution in [-0.2, 0) is 4.79 Å². The minimum Gasteiger partial charge on any atom is -0.434 e. The molecule has 1 amide bonds. The summed E-state index contributed by atoms with van der Waals surface area (Å²) in [5.41, 5.74) is 1.10. The van der Waals surface area contributed by atoms with E-state index in [1.165, 1.54) is 18.9 Å². The number of carbonyl (C=O) groups is 1. The van der Waals surface area contributed by atoms with Crippen molar-refractivity contribution in [3.8, 4) is 5.75 Å². The number of carbonyl (C=O) groups excluding carboxylic acids is 1. The SMILES string of the molecule is Cc1ccc(NC(=O)CC2CC3CCC(C2)N3)cc1OC(F)F. The van der Waals surface area contributed by atoms with Crippen molar-refractivity contribution in [1.29, 1.82) is 0 Å². The lowest BCUT2D eigenvalue weighted by molar-refractivity contribution is -0.117. The highest BCUT2D eigenvalue weighted by Crippen LogP contribution is 2.33. The van der Waals surface area contributed by atoms with Gasteiger partial charge in [-0.1, -0.05) is 6.07 Å². The lowest BCUT2D eigenvalue weighted by atomic mass is 9.89. The molecule has 0 aliphatic carbocycles. The van der Waals surface area contributed by atoms with Gasteiger partial charge in [0.15, 0.2) is 0 Å². The summed E-state index contributed by atoms with van der Waals surface area (Å²) in [6.07, 6.45) is 4.97. The Kier molecular flexibility index (Phi) is 4.80. The smallest absolute Gasteiger partial charge is 0.387 e. The average Bonchev–Trinajstić information content (AvgIpc) is 2.81. The molecule has 1 aromatic rings. The first-order valence-electron chi connectivity index (χ1n) is 8.11. The van der Waals surface area contributed by atoms with Gasteiger partial charge in [-0.25, -0.2) is 0 Å². The average molecular weight is 324 g/mol. The monoisotopic (exact) mass is 324 g/mol. The van der Waals surface area contributed by atoms with E-state index in [1.54, 1.807) is 19.1 Å². The number of aryl methyl sites for hydroxylation is 1. The Labute approximate surface area is 134 Å². The number of ether oxygens (including phenoxy) is 1. The van der Waals surface area contributed by atoms with Gasteiger partial charge < -0.3 is 15.4 Å². The van der Waals surface area contributed by atoms with Crippen molar-refractivity contribution in [2.45, 2.75) is 57.7 Å². The van der Waals surface area contributed by atoms with Crippen LogP contribution in [0.25, 0.3) is 0 Å². The topological polar surface area (TPSA) is 50.4 Å². The van der Waals surface area contributed by atoms with Crippen LogP contribution >= 0.6 is 0 Å². The van der Waals surface area contributed by atoms with Gasteiger partial charge in [-0.2, -0.15) is 8.78 Å². The predicted octanol–water partition coefficient (Wildman–Crippen LogP) is 3.46. The van der Waals surface area contributed by atoms with Crippen LogP contribution in [-0.4, -0.2) is 24.6 Å². The van der Waals surface area contributed by atoms with Gasteiger partial charge in [0, 0.05) is 30.3 Å². The molecule has 6 heteroatoms. The zero-order valence-corrected chi connectivity index (χ0v) is 13.1. The molecule has 3 rings (SSSR count). The summed E-state index contributed by atoms with van der Waals surface area (Å²) >= 11 is 0. The normalized spacial score (nSPS) is 26.3. The molecule has 1 aromatic carbocycles. The van der Waals surface area contributed by atoms with Crippen LogP contribution in [0, 0.1) is 12.8 Å². The summed E-state index contributed by atoms with van der Waals surface area (Å²) in [6.45, 7) is -1.18. The van der Waals surface area contributed by atoms with Gasteiger partial charge in [-0.15, -0.1) is 0 Å². The molecule has 0 radical (unpaired) electrons.